The van der Waals surface area contributed by atoms with E-state index in [-0.39, 0.29) is 30.2 Å². The number of nitrogens with zero attached hydrogens (tertiary/aromatic N) is 3. The zero-order valence-corrected chi connectivity index (χ0v) is 20.3. The van der Waals surface area contributed by atoms with Crippen molar-refractivity contribution in [3.05, 3.63) is 86.6 Å². The minimum atomic E-state index is -0.757. The molecule has 1 aliphatic rings. The topological polar surface area (TPSA) is 132 Å². The Morgan fingerprint density at radius 1 is 1.19 bits per heavy atom. The predicted octanol–water partition coefficient (Wildman–Crippen LogP) is 2.98. The number of rotatable bonds is 9. The van der Waals surface area contributed by atoms with Gasteiger partial charge in [0.15, 0.2) is 11.8 Å². The summed E-state index contributed by atoms with van der Waals surface area (Å²) in [7, 11) is 1.52. The summed E-state index contributed by atoms with van der Waals surface area (Å²) in [6.07, 6.45) is 1.29. The van der Waals surface area contributed by atoms with Crippen LogP contribution in [-0.4, -0.2) is 28.3 Å². The molecule has 0 saturated carbocycles. The largest absolute Gasteiger partial charge is 0.496 e. The Balaban J connectivity index is 1.76. The molecule has 0 fully saturated rings. The zero-order chi connectivity index (χ0) is 25.7. The number of nitrogens with one attached hydrogen (secondary N) is 1. The van der Waals surface area contributed by atoms with Crippen LogP contribution in [0.3, 0.4) is 0 Å². The van der Waals surface area contributed by atoms with Gasteiger partial charge in [0.1, 0.15) is 17.3 Å². The minimum absolute atomic E-state index is 0.0306. The smallest absolute Gasteiger partial charge is 0.330 e. The van der Waals surface area contributed by atoms with Gasteiger partial charge in [-0.25, -0.2) is 4.79 Å². The van der Waals surface area contributed by atoms with Crippen LogP contribution in [0.1, 0.15) is 43.4 Å². The van der Waals surface area contributed by atoms with Gasteiger partial charge in [0.2, 0.25) is 0 Å². The summed E-state index contributed by atoms with van der Waals surface area (Å²) in [6, 6.07) is 16.6. The monoisotopic (exact) mass is 491 g/mol. The molecule has 3 N–H and O–H groups in total. The van der Waals surface area contributed by atoms with Gasteiger partial charge in [-0.3, -0.25) is 24.0 Å². The average Bonchev–Trinajstić information content (AvgIpc) is 3.39. The van der Waals surface area contributed by atoms with Crippen molar-refractivity contribution in [1.82, 2.24) is 9.55 Å². The third-order valence-corrected chi connectivity index (χ3v) is 6.07. The fourth-order valence-corrected chi connectivity index (χ4v) is 4.14. The second kappa shape index (κ2) is 10.9. The number of oxime groups is 1. The maximum atomic E-state index is 13.8. The maximum absolute atomic E-state index is 13.8. The second-order valence-corrected chi connectivity index (χ2v) is 8.45. The third-order valence-electron chi connectivity index (χ3n) is 6.07. The van der Waals surface area contributed by atoms with Crippen LogP contribution < -0.4 is 26.6 Å². The minimum Gasteiger partial charge on any atom is -0.496 e. The molecule has 0 saturated heterocycles. The number of amides is 1. The molecule has 0 radical (unpaired) electrons. The third kappa shape index (κ3) is 5.02. The first-order chi connectivity index (χ1) is 17.4. The van der Waals surface area contributed by atoms with E-state index >= 15 is 0 Å². The standard InChI is InChI=1S/C26H29N5O5/c1-3-4-14-30-23(27)22(24(32)28-26(30)34)31(16-18-12-8-9-13-20(18)35-2)25(33)19-15-21(36-29-19)17-10-6-5-7-11-17/h5-13,21H,3-4,14-16,27H2,1-2H3,(H,28,32,34). The Bertz CT molecular complexity index is 1380. The second-order valence-electron chi connectivity index (χ2n) is 8.45. The highest BCUT2D eigenvalue weighted by atomic mass is 16.6. The van der Waals surface area contributed by atoms with Crippen molar-refractivity contribution in [3.63, 3.8) is 0 Å². The Morgan fingerprint density at radius 2 is 1.92 bits per heavy atom. The first kappa shape index (κ1) is 24.8. The van der Waals surface area contributed by atoms with Gasteiger partial charge in [0.25, 0.3) is 11.5 Å². The van der Waals surface area contributed by atoms with Crippen molar-refractivity contribution in [2.75, 3.05) is 17.7 Å². The summed E-state index contributed by atoms with van der Waals surface area (Å²) in [5.41, 5.74) is 6.53. The molecule has 10 nitrogen and oxygen atoms in total. The molecule has 0 aliphatic carbocycles. The number of carbonyl (C=O) groups excluding carboxylic acids is 1. The molecule has 2 aromatic carbocycles. The van der Waals surface area contributed by atoms with E-state index in [9.17, 15) is 14.4 Å². The highest BCUT2D eigenvalue weighted by Gasteiger charge is 2.34. The number of hydrogen-bond donors (Lipinski definition) is 2. The van der Waals surface area contributed by atoms with E-state index < -0.39 is 23.3 Å². The number of ether oxygens (including phenoxy) is 1. The fourth-order valence-electron chi connectivity index (χ4n) is 4.14. The summed E-state index contributed by atoms with van der Waals surface area (Å²) in [6.45, 7) is 2.26. The first-order valence-electron chi connectivity index (χ1n) is 11.8. The number of para-hydroxylation sites is 1. The number of unbranched alkanes of at least 4 members (excludes halogenated alkanes) is 1. The van der Waals surface area contributed by atoms with Crippen molar-refractivity contribution < 1.29 is 14.4 Å². The van der Waals surface area contributed by atoms with Gasteiger partial charge in [-0.2, -0.15) is 0 Å². The SMILES string of the molecule is CCCCn1c(N)c(N(Cc2ccccc2OC)C(=O)C2=NOC(c3ccccc3)C2)c(=O)[nH]c1=O. The van der Waals surface area contributed by atoms with Gasteiger partial charge in [-0.1, -0.05) is 67.0 Å². The van der Waals surface area contributed by atoms with Crippen molar-refractivity contribution in [1.29, 1.82) is 0 Å². The van der Waals surface area contributed by atoms with Crippen LogP contribution in [0.25, 0.3) is 0 Å². The van der Waals surface area contributed by atoms with E-state index in [1.54, 1.807) is 24.3 Å². The first-order valence-corrected chi connectivity index (χ1v) is 11.8. The molecule has 1 aromatic heterocycles. The Labute approximate surface area is 207 Å². The lowest BCUT2D eigenvalue weighted by Crippen LogP contribution is -2.43. The molecule has 188 valence electrons. The van der Waals surface area contributed by atoms with Gasteiger partial charge in [0.05, 0.1) is 13.7 Å². The molecule has 2 heterocycles. The van der Waals surface area contributed by atoms with Crippen LogP contribution in [-0.2, 0) is 22.7 Å². The summed E-state index contributed by atoms with van der Waals surface area (Å²) in [5, 5.41) is 4.05. The van der Waals surface area contributed by atoms with E-state index in [4.69, 9.17) is 15.3 Å². The van der Waals surface area contributed by atoms with Crippen molar-refractivity contribution in [3.8, 4) is 5.75 Å². The predicted molar refractivity (Wildman–Crippen MR) is 137 cm³/mol. The van der Waals surface area contributed by atoms with Crippen LogP contribution in [0.2, 0.25) is 0 Å². The quantitative estimate of drug-likeness (QED) is 0.473. The van der Waals surface area contributed by atoms with Crippen LogP contribution in [0.4, 0.5) is 11.5 Å². The molecule has 0 bridgehead atoms. The Morgan fingerprint density at radius 3 is 2.64 bits per heavy atom. The molecule has 0 spiro atoms. The summed E-state index contributed by atoms with van der Waals surface area (Å²) in [4.78, 5) is 48.4. The maximum Gasteiger partial charge on any atom is 0.330 e. The van der Waals surface area contributed by atoms with Crippen LogP contribution in [0.15, 0.2) is 69.3 Å². The molecule has 4 rings (SSSR count). The summed E-state index contributed by atoms with van der Waals surface area (Å²) in [5.74, 6) is -0.0897. The highest BCUT2D eigenvalue weighted by molar-refractivity contribution is 6.44. The van der Waals surface area contributed by atoms with Crippen molar-refractivity contribution in [2.45, 2.75) is 45.4 Å². The number of H-pyrrole nitrogens is 1. The lowest BCUT2D eigenvalue weighted by molar-refractivity contribution is -0.112. The molecule has 36 heavy (non-hydrogen) atoms. The lowest BCUT2D eigenvalue weighted by atomic mass is 10.0. The van der Waals surface area contributed by atoms with Gasteiger partial charge in [0, 0.05) is 18.5 Å². The summed E-state index contributed by atoms with van der Waals surface area (Å²) < 4.78 is 6.73. The molecule has 1 unspecified atom stereocenters. The van der Waals surface area contributed by atoms with Crippen molar-refractivity contribution >= 4 is 23.1 Å². The van der Waals surface area contributed by atoms with E-state index in [1.807, 2.05) is 37.3 Å². The fraction of sp³-hybridized carbons (Fsp3) is 0.308. The van der Waals surface area contributed by atoms with E-state index in [1.165, 1.54) is 16.6 Å². The number of nitrogens with two attached hydrogens (primary N) is 1. The molecule has 1 amide bonds. The zero-order valence-electron chi connectivity index (χ0n) is 20.3. The van der Waals surface area contributed by atoms with E-state index in [0.717, 1.165) is 12.0 Å². The summed E-state index contributed by atoms with van der Waals surface area (Å²) >= 11 is 0. The van der Waals surface area contributed by atoms with Gasteiger partial charge in [-0.15, -0.1) is 0 Å². The number of methoxy groups -OCH3 is 1. The van der Waals surface area contributed by atoms with E-state index in [2.05, 4.69) is 10.1 Å². The molecular formula is C26H29N5O5. The average molecular weight is 492 g/mol. The van der Waals surface area contributed by atoms with Crippen molar-refractivity contribution in [2.24, 2.45) is 5.16 Å². The number of aromatic nitrogens is 2. The van der Waals surface area contributed by atoms with Gasteiger partial charge < -0.3 is 15.3 Å². The van der Waals surface area contributed by atoms with Crippen LogP contribution in [0.5, 0.6) is 5.75 Å². The molecular weight excluding hydrogens is 462 g/mol. The Hall–Kier alpha value is -4.34. The number of nitrogen functional groups attached to an aromatic ring is 1. The lowest BCUT2D eigenvalue weighted by Gasteiger charge is -2.25. The van der Waals surface area contributed by atoms with Crippen LogP contribution in [0, 0.1) is 0 Å². The highest BCUT2D eigenvalue weighted by Crippen LogP contribution is 2.30. The molecule has 10 heteroatoms. The molecule has 1 aliphatic heterocycles. The van der Waals surface area contributed by atoms with E-state index in [0.29, 0.717) is 24.3 Å². The normalized spacial score (nSPS) is 14.7. The number of carbonyl (C=O) groups is 1. The molecule has 1 atom stereocenters. The number of benzene rings is 2. The number of aromatic amines is 1. The van der Waals surface area contributed by atoms with Gasteiger partial charge >= 0.3 is 5.69 Å². The number of anilines is 2. The number of hydrogen-bond acceptors (Lipinski definition) is 7. The molecule has 3 aromatic rings. The van der Waals surface area contributed by atoms with Gasteiger partial charge in [-0.05, 0) is 18.1 Å². The Kier molecular flexibility index (Phi) is 7.53. The van der Waals surface area contributed by atoms with Crippen LogP contribution >= 0.6 is 0 Å².